The third kappa shape index (κ3) is 2.64. The first-order valence-electron chi connectivity index (χ1n) is 4.64. The van der Waals surface area contributed by atoms with Gasteiger partial charge in [0.1, 0.15) is 6.07 Å². The molecule has 80 valence electrons. The lowest BCUT2D eigenvalue weighted by Gasteiger charge is -2.02. The van der Waals surface area contributed by atoms with Crippen molar-refractivity contribution >= 4 is 18.9 Å². The Morgan fingerprint density at radius 2 is 2.25 bits per heavy atom. The van der Waals surface area contributed by atoms with Crippen molar-refractivity contribution < 1.29 is 4.79 Å². The molecule has 0 aliphatic rings. The molecule has 0 aromatic heterocycles. The molecular weight excluding hydrogens is 220 g/mol. The number of hydrogen-bond acceptors (Lipinski definition) is 4. The second-order valence-corrected chi connectivity index (χ2v) is 3.47. The molecule has 0 amide bonds. The number of thiol groups is 1. The Labute approximate surface area is 99.7 Å². The lowest BCUT2D eigenvalue weighted by Crippen LogP contribution is -1.97. The Balaban J connectivity index is 3.34. The minimum absolute atomic E-state index is 0.354. The van der Waals surface area contributed by atoms with E-state index in [4.69, 9.17) is 11.0 Å². The van der Waals surface area contributed by atoms with Crippen molar-refractivity contribution in [2.24, 2.45) is 5.73 Å². The van der Waals surface area contributed by atoms with Crippen LogP contribution in [0.4, 0.5) is 0 Å². The third-order valence-electron chi connectivity index (χ3n) is 1.94. The van der Waals surface area contributed by atoms with Gasteiger partial charge in [0.25, 0.3) is 0 Å². The van der Waals surface area contributed by atoms with Crippen LogP contribution in [0.2, 0.25) is 0 Å². The molecule has 2 N–H and O–H groups in total. The number of nitrogens with zero attached hydrogens (tertiary/aromatic N) is 1. The molecule has 16 heavy (non-hydrogen) atoms. The smallest absolute Gasteiger partial charge is 0.152 e. The van der Waals surface area contributed by atoms with E-state index in [1.165, 1.54) is 0 Å². The quantitative estimate of drug-likeness (QED) is 0.458. The second-order valence-electron chi connectivity index (χ2n) is 2.99. The first kappa shape index (κ1) is 12.3. The van der Waals surface area contributed by atoms with Crippen LogP contribution in [0, 0.1) is 23.2 Å². The minimum atomic E-state index is 0.354. The van der Waals surface area contributed by atoms with Crippen LogP contribution in [-0.2, 0) is 0 Å². The summed E-state index contributed by atoms with van der Waals surface area (Å²) < 4.78 is 0. The van der Waals surface area contributed by atoms with Crippen molar-refractivity contribution in [1.29, 1.82) is 5.26 Å². The number of carbonyl (C=O) groups excluding carboxylic acids is 1. The highest BCUT2D eigenvalue weighted by atomic mass is 32.1. The van der Waals surface area contributed by atoms with Crippen molar-refractivity contribution in [2.45, 2.75) is 11.3 Å². The Morgan fingerprint density at radius 3 is 2.81 bits per heavy atom. The fourth-order valence-electron chi connectivity index (χ4n) is 1.18. The Hall–Kier alpha value is -1.75. The van der Waals surface area contributed by atoms with E-state index in [1.807, 2.05) is 6.07 Å². The summed E-state index contributed by atoms with van der Waals surface area (Å²) in [6, 6.07) is 5.21. The standard InChI is InChI=1S/C12H10N2OS/c13-6-2-1-3-10-9(7-14)4-5-12(16)11(10)8-15/h4-5,8,16H,2,6,13H2. The van der Waals surface area contributed by atoms with Crippen LogP contribution in [0.15, 0.2) is 17.0 Å². The van der Waals surface area contributed by atoms with E-state index in [0.29, 0.717) is 40.8 Å². The van der Waals surface area contributed by atoms with Gasteiger partial charge in [-0.1, -0.05) is 11.8 Å². The van der Waals surface area contributed by atoms with E-state index >= 15 is 0 Å². The van der Waals surface area contributed by atoms with Crippen molar-refractivity contribution in [2.75, 3.05) is 6.54 Å². The number of nitrogens with two attached hydrogens (primary N) is 1. The van der Waals surface area contributed by atoms with Crippen molar-refractivity contribution in [3.8, 4) is 17.9 Å². The highest BCUT2D eigenvalue weighted by Gasteiger charge is 2.08. The molecule has 0 aliphatic heterocycles. The third-order valence-corrected chi connectivity index (χ3v) is 2.33. The molecule has 0 heterocycles. The van der Waals surface area contributed by atoms with Gasteiger partial charge in [-0.15, -0.1) is 12.6 Å². The largest absolute Gasteiger partial charge is 0.330 e. The second kappa shape index (κ2) is 5.97. The molecule has 0 saturated heterocycles. The van der Waals surface area contributed by atoms with Gasteiger partial charge in [0.05, 0.1) is 11.1 Å². The number of hydrogen-bond donors (Lipinski definition) is 2. The molecule has 1 aromatic carbocycles. The van der Waals surface area contributed by atoms with Crippen LogP contribution in [0.5, 0.6) is 0 Å². The monoisotopic (exact) mass is 230 g/mol. The highest BCUT2D eigenvalue weighted by Crippen LogP contribution is 2.19. The summed E-state index contributed by atoms with van der Waals surface area (Å²) in [6.45, 7) is 0.450. The fourth-order valence-corrected chi connectivity index (χ4v) is 1.42. The van der Waals surface area contributed by atoms with E-state index in [0.717, 1.165) is 0 Å². The topological polar surface area (TPSA) is 66.9 Å². The summed E-state index contributed by atoms with van der Waals surface area (Å²) in [5, 5.41) is 8.90. The first-order valence-corrected chi connectivity index (χ1v) is 5.09. The van der Waals surface area contributed by atoms with Gasteiger partial charge in [0.15, 0.2) is 6.29 Å². The average molecular weight is 230 g/mol. The summed E-state index contributed by atoms with van der Waals surface area (Å²) >= 11 is 4.15. The predicted octanol–water partition coefficient (Wildman–Crippen LogP) is 1.36. The number of nitriles is 1. The molecule has 3 nitrogen and oxygen atoms in total. The van der Waals surface area contributed by atoms with Crippen LogP contribution in [-0.4, -0.2) is 12.8 Å². The van der Waals surface area contributed by atoms with Crippen LogP contribution in [0.25, 0.3) is 0 Å². The van der Waals surface area contributed by atoms with E-state index in [1.54, 1.807) is 12.1 Å². The molecular formula is C12H10N2OS. The van der Waals surface area contributed by atoms with Gasteiger partial charge in [-0.25, -0.2) is 0 Å². The number of rotatable bonds is 2. The van der Waals surface area contributed by atoms with Gasteiger partial charge < -0.3 is 5.73 Å². The van der Waals surface area contributed by atoms with Gasteiger partial charge >= 0.3 is 0 Å². The zero-order valence-corrected chi connectivity index (χ0v) is 9.42. The molecule has 4 heteroatoms. The number of benzene rings is 1. The summed E-state index contributed by atoms with van der Waals surface area (Å²) in [5.41, 5.74) is 6.47. The van der Waals surface area contributed by atoms with Crippen molar-refractivity contribution in [3.05, 3.63) is 28.8 Å². The van der Waals surface area contributed by atoms with Gasteiger partial charge in [0, 0.05) is 23.4 Å². The van der Waals surface area contributed by atoms with Crippen LogP contribution in [0.1, 0.15) is 27.9 Å². The zero-order valence-electron chi connectivity index (χ0n) is 8.53. The van der Waals surface area contributed by atoms with Crippen molar-refractivity contribution in [3.63, 3.8) is 0 Å². The molecule has 0 unspecified atom stereocenters. The molecule has 0 fully saturated rings. The molecule has 0 atom stereocenters. The highest BCUT2D eigenvalue weighted by molar-refractivity contribution is 7.80. The summed E-state index contributed by atoms with van der Waals surface area (Å²) in [7, 11) is 0. The molecule has 1 aromatic rings. The summed E-state index contributed by atoms with van der Waals surface area (Å²) in [4.78, 5) is 11.4. The lowest BCUT2D eigenvalue weighted by atomic mass is 10.0. The van der Waals surface area contributed by atoms with Gasteiger partial charge in [0.2, 0.25) is 0 Å². The minimum Gasteiger partial charge on any atom is -0.330 e. The van der Waals surface area contributed by atoms with Crippen LogP contribution < -0.4 is 5.73 Å². The maximum atomic E-state index is 10.9. The Kier molecular flexibility index (Phi) is 4.60. The molecule has 0 bridgehead atoms. The van der Waals surface area contributed by atoms with Crippen LogP contribution in [0.3, 0.4) is 0 Å². The van der Waals surface area contributed by atoms with Gasteiger partial charge in [-0.2, -0.15) is 5.26 Å². The Morgan fingerprint density at radius 1 is 1.50 bits per heavy atom. The fraction of sp³-hybridized carbons (Fsp3) is 0.167. The van der Waals surface area contributed by atoms with E-state index in [2.05, 4.69) is 24.5 Å². The van der Waals surface area contributed by atoms with Crippen molar-refractivity contribution in [1.82, 2.24) is 0 Å². The van der Waals surface area contributed by atoms with Gasteiger partial charge in [-0.05, 0) is 12.1 Å². The summed E-state index contributed by atoms with van der Waals surface area (Å²) in [5.74, 6) is 5.60. The molecule has 1 rings (SSSR count). The van der Waals surface area contributed by atoms with Gasteiger partial charge in [-0.3, -0.25) is 4.79 Å². The van der Waals surface area contributed by atoms with E-state index < -0.39 is 0 Å². The number of carbonyl (C=O) groups is 1. The van der Waals surface area contributed by atoms with E-state index in [-0.39, 0.29) is 0 Å². The van der Waals surface area contributed by atoms with Crippen LogP contribution >= 0.6 is 12.6 Å². The maximum Gasteiger partial charge on any atom is 0.152 e. The van der Waals surface area contributed by atoms with E-state index in [9.17, 15) is 4.79 Å². The maximum absolute atomic E-state index is 10.9. The zero-order chi connectivity index (χ0) is 12.0. The molecule has 0 saturated carbocycles. The lowest BCUT2D eigenvalue weighted by molar-refractivity contribution is 0.112. The summed E-state index contributed by atoms with van der Waals surface area (Å²) in [6.07, 6.45) is 1.19. The number of aldehydes is 1. The normalized spacial score (nSPS) is 8.81. The molecule has 0 aliphatic carbocycles. The molecule has 0 spiro atoms. The average Bonchev–Trinajstić information content (AvgIpc) is 2.30. The Bertz CT molecular complexity index is 506. The SMILES string of the molecule is N#Cc1ccc(S)c(C=O)c1C#CCCN. The first-order chi connectivity index (χ1) is 7.74. The molecule has 0 radical (unpaired) electrons. The predicted molar refractivity (Wildman–Crippen MR) is 64.3 cm³/mol.